The van der Waals surface area contributed by atoms with Gasteiger partial charge in [0.1, 0.15) is 24.4 Å². The number of carbonyl (C=O) groups excluding carboxylic acids is 1. The maximum atomic E-state index is 14.7. The summed E-state index contributed by atoms with van der Waals surface area (Å²) < 4.78 is 19.9. The van der Waals surface area contributed by atoms with Crippen LogP contribution in [-0.2, 0) is 9.30 Å². The van der Waals surface area contributed by atoms with E-state index in [0.29, 0.717) is 15.9 Å². The average molecular weight is 483 g/mol. The van der Waals surface area contributed by atoms with Gasteiger partial charge >= 0.3 is 0 Å². The first-order chi connectivity index (χ1) is 16.4. The topological polar surface area (TPSA) is 136 Å². The van der Waals surface area contributed by atoms with Crippen LogP contribution in [0.3, 0.4) is 0 Å². The third-order valence-corrected chi connectivity index (χ3v) is 9.04. The molecule has 0 spiro atoms. The molecule has 0 bridgehead atoms. The molecule has 0 aromatic heterocycles. The Balaban J connectivity index is 1.75. The summed E-state index contributed by atoms with van der Waals surface area (Å²) in [4.78, 5) is 13.4. The van der Waals surface area contributed by atoms with Crippen LogP contribution in [0.4, 0.5) is 0 Å². The standard InChI is InChI=1S/C25H26NO7P/c27-15-19-22(28)23(29)21(25(31)33-19)26-24(30)18-13-7-8-14-20(18)34(32,16-9-3-1-4-10-16)17-11-5-2-6-12-17/h1-14,19,21-23,25,27-29,31H,15H2,(H,26,30)/t19?,21-,22+,23?,25+/m0/s1. The Morgan fingerprint density at radius 2 is 1.35 bits per heavy atom. The summed E-state index contributed by atoms with van der Waals surface area (Å²) in [6.45, 7) is -0.615. The minimum atomic E-state index is -3.48. The van der Waals surface area contributed by atoms with Crippen LogP contribution in [0, 0.1) is 0 Å². The van der Waals surface area contributed by atoms with Gasteiger partial charge in [0.05, 0.1) is 12.2 Å². The van der Waals surface area contributed by atoms with Crippen LogP contribution in [0.2, 0.25) is 0 Å². The number of carbonyl (C=O) groups is 1. The highest BCUT2D eigenvalue weighted by Crippen LogP contribution is 2.43. The summed E-state index contributed by atoms with van der Waals surface area (Å²) in [6.07, 6.45) is -5.97. The van der Waals surface area contributed by atoms with Crippen LogP contribution in [0.5, 0.6) is 0 Å². The SMILES string of the molecule is O=C(N[C@H]1C(O)[C@H](O)C(CO)O[C@H]1O)c1ccccc1P(=O)(c1ccccc1)c1ccccc1. The maximum Gasteiger partial charge on any atom is 0.252 e. The predicted octanol–water partition coefficient (Wildman–Crippen LogP) is -0.144. The number of benzene rings is 3. The molecule has 0 saturated carbocycles. The van der Waals surface area contributed by atoms with E-state index in [9.17, 15) is 29.8 Å². The van der Waals surface area contributed by atoms with Crippen molar-refractivity contribution < 1.29 is 34.5 Å². The molecular formula is C25H26NO7P. The molecule has 1 saturated heterocycles. The first-order valence-corrected chi connectivity index (χ1v) is 12.5. The van der Waals surface area contributed by atoms with Gasteiger partial charge < -0.3 is 35.0 Å². The van der Waals surface area contributed by atoms with Crippen molar-refractivity contribution in [2.45, 2.75) is 30.6 Å². The van der Waals surface area contributed by atoms with Crippen LogP contribution >= 0.6 is 7.14 Å². The van der Waals surface area contributed by atoms with Gasteiger partial charge in [0.2, 0.25) is 0 Å². The van der Waals surface area contributed by atoms with Gasteiger partial charge in [-0.15, -0.1) is 0 Å². The molecule has 4 rings (SSSR count). The van der Waals surface area contributed by atoms with Crippen molar-refractivity contribution in [2.24, 2.45) is 0 Å². The fourth-order valence-corrected chi connectivity index (χ4v) is 6.98. The lowest BCUT2D eigenvalue weighted by Gasteiger charge is -2.40. The van der Waals surface area contributed by atoms with Gasteiger partial charge in [0.25, 0.3) is 5.91 Å². The second-order valence-corrected chi connectivity index (χ2v) is 10.8. The number of hydrogen-bond donors (Lipinski definition) is 5. The summed E-state index contributed by atoms with van der Waals surface area (Å²) in [6, 6.07) is 22.8. The van der Waals surface area contributed by atoms with Crippen LogP contribution in [-0.4, -0.2) is 63.6 Å². The lowest BCUT2D eigenvalue weighted by molar-refractivity contribution is -0.252. The van der Waals surface area contributed by atoms with Gasteiger partial charge in [0.15, 0.2) is 13.4 Å². The smallest absolute Gasteiger partial charge is 0.252 e. The number of aliphatic hydroxyl groups is 4. The van der Waals surface area contributed by atoms with E-state index >= 15 is 0 Å². The summed E-state index contributed by atoms with van der Waals surface area (Å²) >= 11 is 0. The Bertz CT molecular complexity index is 1130. The van der Waals surface area contributed by atoms with Crippen LogP contribution < -0.4 is 21.2 Å². The molecule has 2 unspecified atom stereocenters. The zero-order valence-electron chi connectivity index (χ0n) is 18.1. The molecular weight excluding hydrogens is 457 g/mol. The van der Waals surface area contributed by atoms with Gasteiger partial charge in [0, 0.05) is 15.9 Å². The minimum Gasteiger partial charge on any atom is -0.394 e. The summed E-state index contributed by atoms with van der Waals surface area (Å²) in [5, 5.41) is 44.0. The van der Waals surface area contributed by atoms with Gasteiger partial charge in [-0.3, -0.25) is 4.79 Å². The molecule has 8 nitrogen and oxygen atoms in total. The fraction of sp³-hybridized carbons (Fsp3) is 0.240. The first-order valence-electron chi connectivity index (χ1n) is 10.8. The number of nitrogens with one attached hydrogen (secondary N) is 1. The quantitative estimate of drug-likeness (QED) is 0.308. The molecule has 1 aliphatic rings. The van der Waals surface area contributed by atoms with Crippen LogP contribution in [0.25, 0.3) is 0 Å². The minimum absolute atomic E-state index is 0.0942. The Morgan fingerprint density at radius 3 is 1.91 bits per heavy atom. The third-order valence-electron chi connectivity index (χ3n) is 5.93. The van der Waals surface area contributed by atoms with Gasteiger partial charge in [-0.25, -0.2) is 0 Å². The van der Waals surface area contributed by atoms with Crippen molar-refractivity contribution in [2.75, 3.05) is 6.61 Å². The third kappa shape index (κ3) is 4.44. The van der Waals surface area contributed by atoms with Crippen molar-refractivity contribution >= 4 is 29.0 Å². The number of ether oxygens (including phenoxy) is 1. The Kier molecular flexibility index (Phi) is 7.28. The highest BCUT2D eigenvalue weighted by Gasteiger charge is 2.45. The van der Waals surface area contributed by atoms with Gasteiger partial charge in [-0.05, 0) is 6.07 Å². The largest absolute Gasteiger partial charge is 0.394 e. The van der Waals surface area contributed by atoms with E-state index in [-0.39, 0.29) is 5.56 Å². The molecule has 178 valence electrons. The zero-order chi connectivity index (χ0) is 24.3. The molecule has 9 heteroatoms. The van der Waals surface area contributed by atoms with Crippen molar-refractivity contribution in [3.8, 4) is 0 Å². The maximum absolute atomic E-state index is 14.7. The number of rotatable bonds is 6. The lowest BCUT2D eigenvalue weighted by atomic mass is 9.97. The van der Waals surface area contributed by atoms with E-state index in [0.717, 1.165) is 0 Å². The highest BCUT2D eigenvalue weighted by atomic mass is 31.2. The number of hydrogen-bond acceptors (Lipinski definition) is 7. The summed E-state index contributed by atoms with van der Waals surface area (Å²) in [5.41, 5.74) is 0.0942. The predicted molar refractivity (Wildman–Crippen MR) is 127 cm³/mol. The fourth-order valence-electron chi connectivity index (χ4n) is 4.13. The molecule has 1 amide bonds. The molecule has 1 fully saturated rings. The molecule has 3 aromatic rings. The second-order valence-electron chi connectivity index (χ2n) is 8.03. The average Bonchev–Trinajstić information content (AvgIpc) is 2.89. The van der Waals surface area contributed by atoms with Gasteiger partial charge in [-0.1, -0.05) is 78.9 Å². The van der Waals surface area contributed by atoms with Gasteiger partial charge in [-0.2, -0.15) is 0 Å². The second kappa shape index (κ2) is 10.2. The highest BCUT2D eigenvalue weighted by molar-refractivity contribution is 7.85. The van der Waals surface area contributed by atoms with Crippen LogP contribution in [0.1, 0.15) is 10.4 Å². The monoisotopic (exact) mass is 483 g/mol. The molecule has 0 aliphatic carbocycles. The normalized spacial score (nSPS) is 25.0. The zero-order valence-corrected chi connectivity index (χ0v) is 19.0. The van der Waals surface area contributed by atoms with E-state index in [1.54, 1.807) is 66.7 Å². The molecule has 5 N–H and O–H groups in total. The number of aliphatic hydroxyl groups excluding tert-OH is 4. The molecule has 1 aliphatic heterocycles. The number of amides is 1. The van der Waals surface area contributed by atoms with Crippen molar-refractivity contribution in [1.82, 2.24) is 5.32 Å². The van der Waals surface area contributed by atoms with E-state index in [1.807, 2.05) is 12.1 Å². The van der Waals surface area contributed by atoms with E-state index in [2.05, 4.69) is 5.32 Å². The Hall–Kier alpha value is -2.84. The van der Waals surface area contributed by atoms with E-state index in [4.69, 9.17) is 4.74 Å². The molecule has 34 heavy (non-hydrogen) atoms. The summed E-state index contributed by atoms with van der Waals surface area (Å²) in [5.74, 6) is -0.705. The van der Waals surface area contributed by atoms with Crippen LogP contribution in [0.15, 0.2) is 84.9 Å². The van der Waals surface area contributed by atoms with Crippen molar-refractivity contribution in [1.29, 1.82) is 0 Å². The van der Waals surface area contributed by atoms with Crippen molar-refractivity contribution in [3.63, 3.8) is 0 Å². The van der Waals surface area contributed by atoms with E-state index < -0.39 is 50.3 Å². The Labute approximate surface area is 196 Å². The first kappa shape index (κ1) is 24.3. The van der Waals surface area contributed by atoms with Crippen molar-refractivity contribution in [3.05, 3.63) is 90.5 Å². The molecule has 5 atom stereocenters. The summed E-state index contributed by atoms with van der Waals surface area (Å²) in [7, 11) is -3.48. The molecule has 0 radical (unpaired) electrons. The Morgan fingerprint density at radius 1 is 0.824 bits per heavy atom. The molecule has 3 aromatic carbocycles. The lowest BCUT2D eigenvalue weighted by Crippen LogP contribution is -2.64. The molecule has 1 heterocycles. The van der Waals surface area contributed by atoms with E-state index in [1.165, 1.54) is 6.07 Å².